The summed E-state index contributed by atoms with van der Waals surface area (Å²) in [5, 5.41) is 0. The number of anilines is 1. The van der Waals surface area contributed by atoms with Crippen molar-refractivity contribution >= 4 is 15.7 Å². The molecule has 9 heteroatoms. The van der Waals surface area contributed by atoms with Crippen LogP contribution in [0.3, 0.4) is 0 Å². The second-order valence-electron chi connectivity index (χ2n) is 5.81. The lowest BCUT2D eigenvalue weighted by atomic mass is 10.0. The molecule has 0 unspecified atom stereocenters. The molecule has 0 aliphatic carbocycles. The third-order valence-electron chi connectivity index (χ3n) is 3.88. The van der Waals surface area contributed by atoms with Gasteiger partial charge in [0.25, 0.3) is 10.0 Å². The first-order valence-electron chi connectivity index (χ1n) is 7.82. The Bertz CT molecular complexity index is 1100. The van der Waals surface area contributed by atoms with Crippen LogP contribution in [0.4, 0.5) is 27.6 Å². The third-order valence-corrected chi connectivity index (χ3v) is 5.26. The molecule has 0 aromatic heterocycles. The van der Waals surface area contributed by atoms with Crippen LogP contribution in [0, 0.1) is 11.6 Å². The average Bonchev–Trinajstić information content (AvgIpc) is 2.64. The van der Waals surface area contributed by atoms with Gasteiger partial charge in [-0.15, -0.1) is 0 Å². The van der Waals surface area contributed by atoms with Gasteiger partial charge >= 0.3 is 6.18 Å². The van der Waals surface area contributed by atoms with E-state index >= 15 is 0 Å². The minimum atomic E-state index is -4.57. The van der Waals surface area contributed by atoms with Crippen molar-refractivity contribution in [2.24, 2.45) is 0 Å². The maximum absolute atomic E-state index is 13.7. The van der Waals surface area contributed by atoms with E-state index in [4.69, 9.17) is 0 Å². The summed E-state index contributed by atoms with van der Waals surface area (Å²) in [5.74, 6) is -2.57. The quantitative estimate of drug-likeness (QED) is 0.578. The maximum Gasteiger partial charge on any atom is 0.416 e. The largest absolute Gasteiger partial charge is 0.416 e. The molecule has 1 N–H and O–H groups in total. The zero-order valence-electron chi connectivity index (χ0n) is 14.0. The van der Waals surface area contributed by atoms with Gasteiger partial charge in [0.05, 0.1) is 16.1 Å². The molecule has 3 aromatic carbocycles. The van der Waals surface area contributed by atoms with Gasteiger partial charge in [0.2, 0.25) is 0 Å². The fourth-order valence-corrected chi connectivity index (χ4v) is 3.60. The van der Waals surface area contributed by atoms with Gasteiger partial charge in [0.15, 0.2) is 11.6 Å². The molecule has 3 rings (SSSR count). The van der Waals surface area contributed by atoms with Gasteiger partial charge in [-0.1, -0.05) is 30.3 Å². The second-order valence-corrected chi connectivity index (χ2v) is 7.49. The van der Waals surface area contributed by atoms with Crippen molar-refractivity contribution in [3.05, 3.63) is 83.9 Å². The molecule has 0 aliphatic rings. The molecule has 3 nitrogen and oxygen atoms in total. The molecular formula is C19H12F5NO2S. The molecule has 0 heterocycles. The summed E-state index contributed by atoms with van der Waals surface area (Å²) in [6.07, 6.45) is -4.57. The summed E-state index contributed by atoms with van der Waals surface area (Å²) in [6, 6.07) is 12.2. The lowest BCUT2D eigenvalue weighted by molar-refractivity contribution is -0.137. The smallest absolute Gasteiger partial charge is 0.279 e. The van der Waals surface area contributed by atoms with E-state index in [1.807, 2.05) is 0 Å². The topological polar surface area (TPSA) is 46.2 Å². The van der Waals surface area contributed by atoms with E-state index in [2.05, 4.69) is 4.72 Å². The Morgan fingerprint density at radius 3 is 1.93 bits per heavy atom. The van der Waals surface area contributed by atoms with E-state index in [1.165, 1.54) is 24.3 Å². The van der Waals surface area contributed by atoms with Gasteiger partial charge in [0, 0.05) is 11.6 Å². The van der Waals surface area contributed by atoms with Crippen LogP contribution in [0.1, 0.15) is 5.56 Å². The van der Waals surface area contributed by atoms with Crippen molar-refractivity contribution in [2.75, 3.05) is 4.72 Å². The fraction of sp³-hybridized carbons (Fsp3) is 0.0526. The van der Waals surface area contributed by atoms with E-state index in [1.54, 1.807) is 6.07 Å². The lowest BCUT2D eigenvalue weighted by Crippen LogP contribution is -2.14. The van der Waals surface area contributed by atoms with Crippen molar-refractivity contribution in [3.63, 3.8) is 0 Å². The number of rotatable bonds is 4. The van der Waals surface area contributed by atoms with Crippen LogP contribution in [0.15, 0.2) is 71.6 Å². The molecule has 0 amide bonds. The molecule has 0 bridgehead atoms. The number of sulfonamides is 1. The summed E-state index contributed by atoms with van der Waals surface area (Å²) in [7, 11) is -4.12. The zero-order valence-corrected chi connectivity index (χ0v) is 14.8. The molecule has 28 heavy (non-hydrogen) atoms. The summed E-state index contributed by atoms with van der Waals surface area (Å²) >= 11 is 0. The van der Waals surface area contributed by atoms with E-state index in [0.29, 0.717) is 6.07 Å². The molecular weight excluding hydrogens is 401 g/mol. The molecule has 0 radical (unpaired) electrons. The van der Waals surface area contributed by atoms with Crippen LogP contribution in [-0.4, -0.2) is 8.42 Å². The lowest BCUT2D eigenvalue weighted by Gasteiger charge is -2.14. The van der Waals surface area contributed by atoms with Crippen molar-refractivity contribution in [1.82, 2.24) is 0 Å². The molecule has 0 spiro atoms. The van der Waals surface area contributed by atoms with Crippen molar-refractivity contribution in [1.29, 1.82) is 0 Å². The molecule has 3 aromatic rings. The Hall–Kier alpha value is -2.94. The van der Waals surface area contributed by atoms with Crippen molar-refractivity contribution < 1.29 is 30.4 Å². The van der Waals surface area contributed by atoms with Gasteiger partial charge in [-0.05, 0) is 35.9 Å². The Balaban J connectivity index is 2.07. The Labute approximate surface area is 157 Å². The molecule has 0 saturated heterocycles. The minimum Gasteiger partial charge on any atom is -0.279 e. The average molecular weight is 413 g/mol. The molecule has 0 aliphatic heterocycles. The number of benzene rings is 3. The van der Waals surface area contributed by atoms with Gasteiger partial charge in [-0.3, -0.25) is 4.72 Å². The monoisotopic (exact) mass is 413 g/mol. The van der Waals surface area contributed by atoms with Gasteiger partial charge < -0.3 is 0 Å². The predicted molar refractivity (Wildman–Crippen MR) is 94.0 cm³/mol. The second kappa shape index (κ2) is 7.23. The predicted octanol–water partition coefficient (Wildman–Crippen LogP) is 5.45. The summed E-state index contributed by atoms with van der Waals surface area (Å²) < 4.78 is 92.8. The van der Waals surface area contributed by atoms with E-state index < -0.39 is 33.4 Å². The zero-order chi connectivity index (χ0) is 20.5. The van der Waals surface area contributed by atoms with E-state index in [9.17, 15) is 30.4 Å². The first kappa shape index (κ1) is 19.8. The van der Waals surface area contributed by atoms with Crippen LogP contribution < -0.4 is 4.72 Å². The SMILES string of the molecule is O=S(=O)(Nc1cc(F)c(F)cc1-c1ccc(C(F)(F)F)cc1)c1ccccc1. The van der Waals surface area contributed by atoms with Gasteiger partial charge in [0.1, 0.15) is 0 Å². The van der Waals surface area contributed by atoms with Crippen molar-refractivity contribution in [3.8, 4) is 11.1 Å². The highest BCUT2D eigenvalue weighted by atomic mass is 32.2. The van der Waals surface area contributed by atoms with Crippen molar-refractivity contribution in [2.45, 2.75) is 11.1 Å². The highest BCUT2D eigenvalue weighted by Crippen LogP contribution is 2.35. The Morgan fingerprint density at radius 2 is 1.36 bits per heavy atom. The first-order chi connectivity index (χ1) is 13.1. The van der Waals surface area contributed by atoms with Crippen LogP contribution in [0.25, 0.3) is 11.1 Å². The standard InChI is InChI=1S/C19H12F5NO2S/c20-16-10-15(12-6-8-13(9-7-12)19(22,23)24)18(11-17(16)21)25-28(26,27)14-4-2-1-3-5-14/h1-11,25H. The number of hydrogen-bond donors (Lipinski definition) is 1. The highest BCUT2D eigenvalue weighted by Gasteiger charge is 2.30. The minimum absolute atomic E-state index is 0.0812. The Morgan fingerprint density at radius 1 is 0.786 bits per heavy atom. The highest BCUT2D eigenvalue weighted by molar-refractivity contribution is 7.92. The molecule has 0 fully saturated rings. The maximum atomic E-state index is 13.7. The summed E-state index contributed by atoms with van der Waals surface area (Å²) in [5.41, 5.74) is -1.25. The summed E-state index contributed by atoms with van der Waals surface area (Å²) in [6.45, 7) is 0. The first-order valence-corrected chi connectivity index (χ1v) is 9.31. The van der Waals surface area contributed by atoms with Gasteiger partial charge in [-0.25, -0.2) is 17.2 Å². The summed E-state index contributed by atoms with van der Waals surface area (Å²) in [4.78, 5) is -0.113. The van der Waals surface area contributed by atoms with Crippen LogP contribution in [-0.2, 0) is 16.2 Å². The van der Waals surface area contributed by atoms with Crippen LogP contribution >= 0.6 is 0 Å². The van der Waals surface area contributed by atoms with Crippen LogP contribution in [0.5, 0.6) is 0 Å². The van der Waals surface area contributed by atoms with Gasteiger partial charge in [-0.2, -0.15) is 13.2 Å². The molecule has 146 valence electrons. The fourth-order valence-electron chi connectivity index (χ4n) is 2.51. The third kappa shape index (κ3) is 4.14. The van der Waals surface area contributed by atoms with Crippen LogP contribution in [0.2, 0.25) is 0 Å². The van der Waals surface area contributed by atoms with E-state index in [0.717, 1.165) is 30.3 Å². The van der Waals surface area contributed by atoms with E-state index in [-0.39, 0.29) is 21.7 Å². The number of alkyl halides is 3. The number of nitrogens with one attached hydrogen (secondary N) is 1. The number of hydrogen-bond acceptors (Lipinski definition) is 2. The number of halogens is 5. The molecule has 0 atom stereocenters. The molecule has 0 saturated carbocycles. The Kier molecular flexibility index (Phi) is 5.12. The normalized spacial score (nSPS) is 12.0.